The van der Waals surface area contributed by atoms with Crippen LogP contribution < -0.4 is 15.9 Å². The van der Waals surface area contributed by atoms with Crippen molar-refractivity contribution in [1.29, 1.82) is 0 Å². The van der Waals surface area contributed by atoms with Crippen molar-refractivity contribution in [3.8, 4) is 5.75 Å². The molecule has 0 aromatic heterocycles. The normalized spacial score (nSPS) is 18.5. The molecule has 1 aromatic rings. The van der Waals surface area contributed by atoms with E-state index >= 15 is 0 Å². The summed E-state index contributed by atoms with van der Waals surface area (Å²) < 4.78 is 11.2. The first-order chi connectivity index (χ1) is 14.5. The zero-order chi connectivity index (χ0) is 21.5. The number of aliphatic carboxylic acids is 1. The number of carboxylic acids is 1. The summed E-state index contributed by atoms with van der Waals surface area (Å²) in [5.41, 5.74) is 1.07. The zero-order valence-electron chi connectivity index (χ0n) is 16.6. The van der Waals surface area contributed by atoms with Crippen LogP contribution in [0.5, 0.6) is 5.75 Å². The summed E-state index contributed by atoms with van der Waals surface area (Å²) in [5, 5.41) is 16.0. The molecule has 0 aliphatic carbocycles. The molecule has 10 nitrogen and oxygen atoms in total. The highest BCUT2D eigenvalue weighted by Gasteiger charge is 2.32. The minimum Gasteiger partial charge on any atom is -0.491 e. The van der Waals surface area contributed by atoms with Gasteiger partial charge in [-0.05, 0) is 43.6 Å². The lowest BCUT2D eigenvalue weighted by molar-refractivity contribution is -0.161. The fourth-order valence-corrected chi connectivity index (χ4v) is 3.52. The highest BCUT2D eigenvalue weighted by atomic mass is 16.5. The molecule has 10 heteroatoms. The van der Waals surface area contributed by atoms with Gasteiger partial charge >= 0.3 is 5.97 Å². The maximum absolute atomic E-state index is 12.9. The lowest BCUT2D eigenvalue weighted by Crippen LogP contribution is -2.42. The Labute approximate surface area is 174 Å². The molecule has 2 aliphatic rings. The fourth-order valence-electron chi connectivity index (χ4n) is 3.52. The van der Waals surface area contributed by atoms with Gasteiger partial charge in [0.1, 0.15) is 12.4 Å². The number of hydrogen-bond acceptors (Lipinski definition) is 8. The minimum absolute atomic E-state index is 0.0891. The highest BCUT2D eigenvalue weighted by Crippen LogP contribution is 2.24. The number of piperidine rings is 1. The van der Waals surface area contributed by atoms with E-state index in [1.807, 2.05) is 0 Å². The number of benzene rings is 1. The van der Waals surface area contributed by atoms with Crippen molar-refractivity contribution in [2.45, 2.75) is 31.5 Å². The van der Waals surface area contributed by atoms with E-state index < -0.39 is 17.9 Å². The fraction of sp³-hybridized carbons (Fsp3) is 0.500. The predicted octanol–water partition coefficient (Wildman–Crippen LogP) is -0.00520. The number of rotatable bonds is 8. The van der Waals surface area contributed by atoms with Crippen molar-refractivity contribution in [1.82, 2.24) is 10.2 Å². The quantitative estimate of drug-likeness (QED) is 0.232. The smallest absolute Gasteiger partial charge is 0.340 e. The van der Waals surface area contributed by atoms with Gasteiger partial charge in [-0.2, -0.15) is 5.10 Å². The number of ether oxygens (including phenoxy) is 2. The van der Waals surface area contributed by atoms with Crippen molar-refractivity contribution in [3.63, 3.8) is 0 Å². The molecule has 1 aromatic carbocycles. The van der Waals surface area contributed by atoms with Gasteiger partial charge in [0.05, 0.1) is 24.4 Å². The Morgan fingerprint density at radius 1 is 1.40 bits per heavy atom. The van der Waals surface area contributed by atoms with Crippen molar-refractivity contribution in [2.75, 3.05) is 32.8 Å². The molecule has 2 heterocycles. The molecule has 1 fully saturated rings. The Bertz CT molecular complexity index is 822. The van der Waals surface area contributed by atoms with Gasteiger partial charge in [-0.15, -0.1) is 0 Å². The third-order valence-electron chi connectivity index (χ3n) is 5.13. The van der Waals surface area contributed by atoms with E-state index in [0.717, 1.165) is 13.1 Å². The summed E-state index contributed by atoms with van der Waals surface area (Å²) >= 11 is 0. The first kappa shape index (κ1) is 21.7. The molecule has 1 atom stereocenters. The standard InChI is InChI=1S/C20H26N4O6/c21-23-12-13-1-2-15-17(11-13)29-10-9-24(19(15)26)8-5-16(25)18(20(27)28)30-14-3-6-22-7-4-14/h1-2,11-12,14,18,22H,3-10,21H2,(H,27,28). The second kappa shape index (κ2) is 10.2. The number of amides is 1. The first-order valence-electron chi connectivity index (χ1n) is 9.90. The van der Waals surface area contributed by atoms with Crippen LogP contribution in [0.25, 0.3) is 0 Å². The number of carboxylic acid groups (broad SMARTS) is 1. The number of nitrogens with one attached hydrogen (secondary N) is 1. The molecule has 4 N–H and O–H groups in total. The Kier molecular flexibility index (Phi) is 7.36. The van der Waals surface area contributed by atoms with Gasteiger partial charge in [0, 0.05) is 13.0 Å². The summed E-state index contributed by atoms with van der Waals surface area (Å²) in [7, 11) is 0. The average molecular weight is 418 g/mol. The van der Waals surface area contributed by atoms with E-state index in [9.17, 15) is 19.5 Å². The number of carbonyl (C=O) groups excluding carboxylic acids is 2. The molecule has 2 aliphatic heterocycles. The number of hydrazone groups is 1. The average Bonchev–Trinajstić information content (AvgIpc) is 2.89. The summed E-state index contributed by atoms with van der Waals surface area (Å²) in [6.45, 7) is 2.08. The molecule has 0 saturated carbocycles. The van der Waals surface area contributed by atoms with Gasteiger partial charge in [-0.25, -0.2) is 4.79 Å². The van der Waals surface area contributed by atoms with E-state index in [1.54, 1.807) is 18.2 Å². The number of ketones is 1. The molecule has 0 bridgehead atoms. The Morgan fingerprint density at radius 2 is 2.17 bits per heavy atom. The number of carbonyl (C=O) groups is 3. The van der Waals surface area contributed by atoms with Gasteiger partial charge < -0.3 is 30.6 Å². The summed E-state index contributed by atoms with van der Waals surface area (Å²) in [6.07, 6.45) is 0.879. The van der Waals surface area contributed by atoms with E-state index in [1.165, 1.54) is 11.1 Å². The SMILES string of the molecule is NN=Cc1ccc2c(c1)OCCN(CCC(=O)C(OC1CCNCC1)C(=O)O)C2=O. The molecule has 0 spiro atoms. The third-order valence-corrected chi connectivity index (χ3v) is 5.13. The molecule has 1 amide bonds. The van der Waals surface area contributed by atoms with Crippen LogP contribution >= 0.6 is 0 Å². The minimum atomic E-state index is -1.52. The van der Waals surface area contributed by atoms with E-state index in [0.29, 0.717) is 29.7 Å². The van der Waals surface area contributed by atoms with Gasteiger partial charge in [0.15, 0.2) is 5.78 Å². The van der Waals surface area contributed by atoms with E-state index in [4.69, 9.17) is 15.3 Å². The maximum Gasteiger partial charge on any atom is 0.340 e. The van der Waals surface area contributed by atoms with Gasteiger partial charge in [0.25, 0.3) is 5.91 Å². The largest absolute Gasteiger partial charge is 0.491 e. The van der Waals surface area contributed by atoms with Crippen LogP contribution in [0.4, 0.5) is 0 Å². The predicted molar refractivity (Wildman–Crippen MR) is 108 cm³/mol. The summed E-state index contributed by atoms with van der Waals surface area (Å²) in [4.78, 5) is 38.4. The lowest BCUT2D eigenvalue weighted by Gasteiger charge is -2.26. The second-order valence-corrected chi connectivity index (χ2v) is 7.19. The van der Waals surface area contributed by atoms with Gasteiger partial charge in [-0.3, -0.25) is 9.59 Å². The van der Waals surface area contributed by atoms with Crippen molar-refractivity contribution < 1.29 is 29.0 Å². The van der Waals surface area contributed by atoms with Crippen molar-refractivity contribution in [2.24, 2.45) is 10.9 Å². The van der Waals surface area contributed by atoms with Crippen LogP contribution in [0.15, 0.2) is 23.3 Å². The van der Waals surface area contributed by atoms with Crippen molar-refractivity contribution >= 4 is 23.9 Å². The number of Topliss-reactive ketones (excluding diaryl/α,β-unsaturated/α-hetero) is 1. The van der Waals surface area contributed by atoms with Crippen LogP contribution in [0, 0.1) is 0 Å². The molecule has 3 rings (SSSR count). The Balaban J connectivity index is 1.62. The van der Waals surface area contributed by atoms with E-state index in [2.05, 4.69) is 10.4 Å². The van der Waals surface area contributed by atoms with E-state index in [-0.39, 0.29) is 38.1 Å². The number of hydrogen-bond donors (Lipinski definition) is 3. The van der Waals surface area contributed by atoms with Gasteiger partial charge in [0.2, 0.25) is 6.10 Å². The second-order valence-electron chi connectivity index (χ2n) is 7.19. The van der Waals surface area contributed by atoms with Crippen LogP contribution in [0.2, 0.25) is 0 Å². The number of fused-ring (bicyclic) bond motifs is 1. The zero-order valence-corrected chi connectivity index (χ0v) is 16.6. The lowest BCUT2D eigenvalue weighted by atomic mass is 10.1. The first-order valence-corrected chi connectivity index (χ1v) is 9.90. The topological polar surface area (TPSA) is 144 Å². The Hall–Kier alpha value is -2.98. The molecular formula is C20H26N4O6. The highest BCUT2D eigenvalue weighted by molar-refractivity contribution is 6.02. The molecule has 1 saturated heterocycles. The van der Waals surface area contributed by atoms with Crippen LogP contribution in [-0.2, 0) is 14.3 Å². The number of nitrogens with zero attached hydrogens (tertiary/aromatic N) is 2. The number of nitrogens with two attached hydrogens (primary N) is 1. The molecule has 0 radical (unpaired) electrons. The summed E-state index contributed by atoms with van der Waals surface area (Å²) in [5.74, 6) is 3.45. The molecule has 162 valence electrons. The van der Waals surface area contributed by atoms with Crippen LogP contribution in [0.1, 0.15) is 35.2 Å². The maximum atomic E-state index is 12.9. The third kappa shape index (κ3) is 5.33. The van der Waals surface area contributed by atoms with Crippen LogP contribution in [-0.4, -0.2) is 78.9 Å². The summed E-state index contributed by atoms with van der Waals surface area (Å²) in [6, 6.07) is 4.99. The Morgan fingerprint density at radius 3 is 2.87 bits per heavy atom. The van der Waals surface area contributed by atoms with Crippen molar-refractivity contribution in [3.05, 3.63) is 29.3 Å². The molecular weight excluding hydrogens is 392 g/mol. The van der Waals surface area contributed by atoms with Crippen LogP contribution in [0.3, 0.4) is 0 Å². The van der Waals surface area contributed by atoms with Gasteiger partial charge in [-0.1, -0.05) is 6.07 Å². The molecule has 1 unspecified atom stereocenters. The molecule has 30 heavy (non-hydrogen) atoms. The monoisotopic (exact) mass is 418 g/mol.